The van der Waals surface area contributed by atoms with Gasteiger partial charge in [0.25, 0.3) is 0 Å². The number of thiol groups is 1. The molecule has 0 aromatic heterocycles. The van der Waals surface area contributed by atoms with E-state index in [-0.39, 0.29) is 25.4 Å². The summed E-state index contributed by atoms with van der Waals surface area (Å²) in [5.74, 6) is 1.89. The van der Waals surface area contributed by atoms with Gasteiger partial charge in [0.2, 0.25) is 0 Å². The van der Waals surface area contributed by atoms with Gasteiger partial charge < -0.3 is 39.2 Å². The van der Waals surface area contributed by atoms with Gasteiger partial charge in [0.15, 0.2) is 12.2 Å². The number of fused-ring (bicyclic) bond motifs is 1. The van der Waals surface area contributed by atoms with E-state index < -0.39 is 23.2 Å². The molecule has 43 heavy (non-hydrogen) atoms. The molecule has 0 spiro atoms. The summed E-state index contributed by atoms with van der Waals surface area (Å²) in [6.07, 6.45) is -0.265. The fraction of sp³-hybridized carbons (Fsp3) is 0.562. The summed E-state index contributed by atoms with van der Waals surface area (Å²) in [5, 5.41) is 24.1. The molecule has 11 heteroatoms. The van der Waals surface area contributed by atoms with E-state index in [0.29, 0.717) is 44.4 Å². The maximum Gasteiger partial charge on any atom is 0.180 e. The van der Waals surface area contributed by atoms with Crippen molar-refractivity contribution in [2.45, 2.75) is 80.8 Å². The summed E-state index contributed by atoms with van der Waals surface area (Å²) in [5.41, 5.74) is 2.09. The van der Waals surface area contributed by atoms with Gasteiger partial charge in [0.1, 0.15) is 29.0 Å². The van der Waals surface area contributed by atoms with Crippen LogP contribution < -0.4 is 14.8 Å². The van der Waals surface area contributed by atoms with Gasteiger partial charge in [-0.2, -0.15) is 12.6 Å². The molecule has 2 aliphatic heterocycles. The number of benzene rings is 2. The summed E-state index contributed by atoms with van der Waals surface area (Å²) in [7, 11) is 0. The molecule has 9 nitrogen and oxygen atoms in total. The smallest absolute Gasteiger partial charge is 0.180 e. The van der Waals surface area contributed by atoms with Crippen LogP contribution in [0.4, 0.5) is 0 Å². The van der Waals surface area contributed by atoms with E-state index in [9.17, 15) is 5.11 Å². The Morgan fingerprint density at radius 1 is 1.21 bits per heavy atom. The topological polar surface area (TPSA) is 102 Å². The number of nitrogens with zero attached hydrogens (tertiary/aromatic N) is 1. The Labute approximate surface area is 265 Å². The van der Waals surface area contributed by atoms with Crippen LogP contribution >= 0.6 is 24.6 Å². The second kappa shape index (κ2) is 15.7. The third kappa shape index (κ3) is 8.97. The first kappa shape index (κ1) is 33.8. The first-order valence-electron chi connectivity index (χ1n) is 14.9. The third-order valence-electron chi connectivity index (χ3n) is 7.60. The van der Waals surface area contributed by atoms with Crippen LogP contribution in [0.5, 0.6) is 11.5 Å². The van der Waals surface area contributed by atoms with Crippen molar-refractivity contribution in [3.8, 4) is 11.5 Å². The van der Waals surface area contributed by atoms with E-state index in [1.165, 1.54) is 0 Å². The lowest BCUT2D eigenvalue weighted by molar-refractivity contribution is -0.0867. The van der Waals surface area contributed by atoms with Crippen LogP contribution in [0.3, 0.4) is 0 Å². The van der Waals surface area contributed by atoms with Crippen LogP contribution in [0, 0.1) is 6.92 Å². The van der Waals surface area contributed by atoms with E-state index in [4.69, 9.17) is 41.4 Å². The summed E-state index contributed by atoms with van der Waals surface area (Å²) in [4.78, 5) is 1.04. The molecular weight excluding hydrogens is 588 g/mol. The minimum Gasteiger partial charge on any atom is -0.494 e. The Morgan fingerprint density at radius 3 is 2.67 bits per heavy atom. The molecule has 2 aromatic rings. The van der Waals surface area contributed by atoms with Crippen LogP contribution in [-0.4, -0.2) is 89.4 Å². The number of aliphatic hydroxyl groups is 2. The SMILES string of the molecule is C=C(NC(Cc1ccc(OCCO)cc1)C(O)CN(Sc1ccc(C)c(OCC)c1)C(C)C)OC1CO[C@H]2OCC[C@@]12S. The van der Waals surface area contributed by atoms with Crippen molar-refractivity contribution in [3.05, 3.63) is 66.1 Å². The van der Waals surface area contributed by atoms with Gasteiger partial charge in [0, 0.05) is 17.5 Å². The molecular formula is C32H46N2O7S2. The zero-order valence-electron chi connectivity index (χ0n) is 25.5. The molecule has 3 unspecified atom stereocenters. The Kier molecular flexibility index (Phi) is 12.4. The van der Waals surface area contributed by atoms with Gasteiger partial charge in [-0.15, -0.1) is 0 Å². The van der Waals surface area contributed by atoms with Crippen molar-refractivity contribution < 1.29 is 33.9 Å². The van der Waals surface area contributed by atoms with Gasteiger partial charge in [-0.3, -0.25) is 0 Å². The Morgan fingerprint density at radius 2 is 1.98 bits per heavy atom. The molecule has 2 fully saturated rings. The maximum atomic E-state index is 11.7. The molecule has 0 saturated carbocycles. The molecule has 2 aromatic carbocycles. The standard InChI is InChI=1S/C32H46N2O7S2/c1-6-37-29-18-26(12-7-22(29)4)43-34(21(2)3)19-28(36)27(17-24-8-10-25(11-9-24)38-16-14-35)33-23(5)41-30-20-40-31-32(30,42)13-15-39-31/h7-12,18,21,27-28,30-31,33,35-36,42H,5-6,13-17,19-20H2,1-4H3/t27?,28?,30?,31-,32-/m1/s1. The van der Waals surface area contributed by atoms with Crippen molar-refractivity contribution >= 4 is 24.6 Å². The summed E-state index contributed by atoms with van der Waals surface area (Å²) < 4.78 is 30.6. The predicted molar refractivity (Wildman–Crippen MR) is 172 cm³/mol. The summed E-state index contributed by atoms with van der Waals surface area (Å²) in [6, 6.07) is 13.6. The summed E-state index contributed by atoms with van der Waals surface area (Å²) in [6.45, 7) is 14.5. The van der Waals surface area contributed by atoms with Crippen LogP contribution in [0.1, 0.15) is 38.3 Å². The molecule has 5 atom stereocenters. The van der Waals surface area contributed by atoms with Gasteiger partial charge in [-0.05, 0) is 94.5 Å². The van der Waals surface area contributed by atoms with E-state index in [1.54, 1.807) is 11.9 Å². The fourth-order valence-corrected chi connectivity index (χ4v) is 6.50. The van der Waals surface area contributed by atoms with Crippen molar-refractivity contribution in [3.63, 3.8) is 0 Å². The minimum absolute atomic E-state index is 0.0472. The van der Waals surface area contributed by atoms with Crippen molar-refractivity contribution in [2.75, 3.05) is 39.6 Å². The van der Waals surface area contributed by atoms with Crippen LogP contribution in [-0.2, 0) is 20.6 Å². The van der Waals surface area contributed by atoms with Crippen molar-refractivity contribution in [1.82, 2.24) is 9.62 Å². The molecule has 3 N–H and O–H groups in total. The molecule has 4 rings (SSSR count). The molecule has 0 aliphatic carbocycles. The highest BCUT2D eigenvalue weighted by Crippen LogP contribution is 2.43. The molecule has 0 radical (unpaired) electrons. The van der Waals surface area contributed by atoms with Crippen LogP contribution in [0.15, 0.2) is 59.8 Å². The minimum atomic E-state index is -0.773. The third-order valence-corrected chi connectivity index (χ3v) is 9.59. The van der Waals surface area contributed by atoms with E-state index in [0.717, 1.165) is 28.2 Å². The lowest BCUT2D eigenvalue weighted by atomic mass is 10.0. The maximum absolute atomic E-state index is 11.7. The highest BCUT2D eigenvalue weighted by Gasteiger charge is 2.55. The van der Waals surface area contributed by atoms with Gasteiger partial charge in [-0.25, -0.2) is 4.31 Å². The second-order valence-electron chi connectivity index (χ2n) is 11.2. The average Bonchev–Trinajstić information content (AvgIpc) is 3.50. The Balaban J connectivity index is 1.47. The number of ether oxygens (including phenoxy) is 5. The van der Waals surface area contributed by atoms with E-state index in [2.05, 4.69) is 42.2 Å². The number of aryl methyl sites for hydroxylation is 1. The quantitative estimate of drug-likeness (QED) is 0.114. The molecule has 2 saturated heterocycles. The number of hydrogen-bond acceptors (Lipinski definition) is 11. The second-order valence-corrected chi connectivity index (χ2v) is 13.1. The number of nitrogens with one attached hydrogen (secondary N) is 1. The van der Waals surface area contributed by atoms with Crippen molar-refractivity contribution in [2.24, 2.45) is 0 Å². The lowest BCUT2D eigenvalue weighted by Crippen LogP contribution is -2.48. The van der Waals surface area contributed by atoms with Crippen molar-refractivity contribution in [1.29, 1.82) is 0 Å². The Bertz CT molecular complexity index is 1180. The average molecular weight is 635 g/mol. The molecule has 0 bridgehead atoms. The van der Waals surface area contributed by atoms with Crippen LogP contribution in [0.2, 0.25) is 0 Å². The van der Waals surface area contributed by atoms with Gasteiger partial charge in [0.05, 0.1) is 38.6 Å². The summed E-state index contributed by atoms with van der Waals surface area (Å²) >= 11 is 6.45. The normalized spacial score (nSPS) is 22.8. The van der Waals surface area contributed by atoms with E-state index in [1.807, 2.05) is 44.2 Å². The zero-order valence-corrected chi connectivity index (χ0v) is 27.2. The molecule has 0 amide bonds. The predicted octanol–water partition coefficient (Wildman–Crippen LogP) is 4.35. The number of aliphatic hydroxyl groups excluding tert-OH is 2. The first-order chi connectivity index (χ1) is 20.6. The molecule has 238 valence electrons. The highest BCUT2D eigenvalue weighted by molar-refractivity contribution is 7.97. The lowest BCUT2D eigenvalue weighted by Gasteiger charge is -2.33. The van der Waals surface area contributed by atoms with E-state index >= 15 is 0 Å². The zero-order chi connectivity index (χ0) is 31.0. The Hall–Kier alpha value is -2.12. The molecule has 2 aliphatic rings. The fourth-order valence-electron chi connectivity index (χ4n) is 5.14. The highest BCUT2D eigenvalue weighted by atomic mass is 32.2. The molecule has 2 heterocycles. The first-order valence-corrected chi connectivity index (χ1v) is 16.1. The van der Waals surface area contributed by atoms with Gasteiger partial charge >= 0.3 is 0 Å². The number of rotatable bonds is 17. The number of hydrogen-bond donors (Lipinski definition) is 4. The largest absolute Gasteiger partial charge is 0.494 e. The van der Waals surface area contributed by atoms with Crippen LogP contribution in [0.25, 0.3) is 0 Å². The van der Waals surface area contributed by atoms with Gasteiger partial charge in [-0.1, -0.05) is 18.2 Å². The monoisotopic (exact) mass is 634 g/mol.